The summed E-state index contributed by atoms with van der Waals surface area (Å²) in [5.74, 6) is 1.95. The molecule has 0 saturated heterocycles. The van der Waals surface area contributed by atoms with Crippen molar-refractivity contribution in [3.05, 3.63) is 169 Å². The van der Waals surface area contributed by atoms with Crippen molar-refractivity contribution in [2.24, 2.45) is 0 Å². The Labute approximate surface area is 332 Å². The third-order valence-corrected chi connectivity index (χ3v) is 12.7. The Balaban J connectivity index is 1.13. The Morgan fingerprint density at radius 2 is 0.965 bits per heavy atom. The number of rotatable bonds is 4. The van der Waals surface area contributed by atoms with Gasteiger partial charge < -0.3 is 4.57 Å². The minimum absolute atomic E-state index is 0.0786. The molecule has 0 saturated carbocycles. The zero-order chi connectivity index (χ0) is 38.5. The molecular weight excluding hydrogens is 693 g/mol. The van der Waals surface area contributed by atoms with Crippen molar-refractivity contribution in [1.82, 2.24) is 19.5 Å². The fourth-order valence-corrected chi connectivity index (χ4v) is 9.41. The Morgan fingerprint density at radius 3 is 1.72 bits per heavy atom. The molecule has 0 unspecified atom stereocenters. The molecule has 0 amide bonds. The first-order valence-electron chi connectivity index (χ1n) is 20.1. The van der Waals surface area contributed by atoms with E-state index in [1.165, 1.54) is 66.3 Å². The number of nitrogens with zero attached hydrogens (tertiary/aromatic N) is 4. The maximum Gasteiger partial charge on any atom is 0.164 e. The SMILES string of the molecule is CC1(C)CCC(C)(C)c2cc3c(cc21)c1c2ccccc2ccc1n3-c1cccc(-c2nc(-c3ccccc3)nc(-c3ccc4c(ccc5ccccc54)c3)n2)c1. The van der Waals surface area contributed by atoms with Crippen LogP contribution in [0.1, 0.15) is 51.7 Å². The van der Waals surface area contributed by atoms with E-state index >= 15 is 0 Å². The average Bonchev–Trinajstić information content (AvgIpc) is 3.59. The number of benzene rings is 8. The highest BCUT2D eigenvalue weighted by Gasteiger charge is 2.38. The van der Waals surface area contributed by atoms with Gasteiger partial charge in [0.1, 0.15) is 0 Å². The predicted octanol–water partition coefficient (Wildman–Crippen LogP) is 13.8. The van der Waals surface area contributed by atoms with Crippen molar-refractivity contribution < 1.29 is 0 Å². The minimum Gasteiger partial charge on any atom is -0.309 e. The molecule has 0 radical (unpaired) electrons. The summed E-state index contributed by atoms with van der Waals surface area (Å²) in [7, 11) is 0. The van der Waals surface area contributed by atoms with Crippen molar-refractivity contribution >= 4 is 54.1 Å². The standard InChI is InChI=1S/C53H42N4/c1-52(2)27-28-53(3,4)45-32-47-43(31-44(45)52)48-42-20-11-9-14-34(42)24-26-46(48)57(47)39-18-12-17-37(30-39)50-54-49(35-15-6-5-7-16-35)55-51(56-50)38-23-25-41-36(29-38)22-21-33-13-8-10-19-40(33)41/h5-26,29-32H,27-28H2,1-4H3. The highest BCUT2D eigenvalue weighted by atomic mass is 15.0. The smallest absolute Gasteiger partial charge is 0.164 e. The summed E-state index contributed by atoms with van der Waals surface area (Å²) in [5.41, 5.74) is 9.46. The molecule has 274 valence electrons. The molecule has 57 heavy (non-hydrogen) atoms. The third kappa shape index (κ3) is 5.38. The molecule has 8 aromatic carbocycles. The Kier molecular flexibility index (Phi) is 7.34. The van der Waals surface area contributed by atoms with E-state index in [4.69, 9.17) is 15.0 Å². The van der Waals surface area contributed by atoms with Crippen LogP contribution in [0.4, 0.5) is 0 Å². The van der Waals surface area contributed by atoms with Gasteiger partial charge in [-0.1, -0.05) is 149 Å². The minimum atomic E-state index is 0.0786. The van der Waals surface area contributed by atoms with Gasteiger partial charge in [0.2, 0.25) is 0 Å². The van der Waals surface area contributed by atoms with Gasteiger partial charge >= 0.3 is 0 Å². The van der Waals surface area contributed by atoms with E-state index < -0.39 is 0 Å². The zero-order valence-electron chi connectivity index (χ0n) is 32.7. The van der Waals surface area contributed by atoms with Crippen LogP contribution >= 0.6 is 0 Å². The summed E-state index contributed by atoms with van der Waals surface area (Å²) >= 11 is 0. The zero-order valence-corrected chi connectivity index (χ0v) is 32.7. The molecule has 0 aliphatic heterocycles. The van der Waals surface area contributed by atoms with E-state index in [1.54, 1.807) is 0 Å². The molecule has 0 atom stereocenters. The fourth-order valence-electron chi connectivity index (χ4n) is 9.41. The monoisotopic (exact) mass is 734 g/mol. The molecule has 1 aliphatic rings. The van der Waals surface area contributed by atoms with Gasteiger partial charge in [-0.05, 0) is 104 Å². The Morgan fingerprint density at radius 1 is 0.404 bits per heavy atom. The van der Waals surface area contributed by atoms with Gasteiger partial charge in [-0.2, -0.15) is 0 Å². The fraction of sp³-hybridized carbons (Fsp3) is 0.151. The van der Waals surface area contributed by atoms with E-state index in [-0.39, 0.29) is 10.8 Å². The van der Waals surface area contributed by atoms with Crippen LogP contribution < -0.4 is 0 Å². The molecule has 0 N–H and O–H groups in total. The molecular formula is C53H42N4. The van der Waals surface area contributed by atoms with Crippen molar-refractivity contribution in [2.75, 3.05) is 0 Å². The number of aromatic nitrogens is 4. The second-order valence-electron chi connectivity index (χ2n) is 17.1. The number of hydrogen-bond acceptors (Lipinski definition) is 3. The summed E-state index contributed by atoms with van der Waals surface area (Å²) in [6.45, 7) is 9.66. The molecule has 2 aromatic heterocycles. The highest BCUT2D eigenvalue weighted by Crippen LogP contribution is 2.49. The lowest BCUT2D eigenvalue weighted by Gasteiger charge is -2.42. The van der Waals surface area contributed by atoms with E-state index in [0.717, 1.165) is 34.2 Å². The van der Waals surface area contributed by atoms with E-state index in [2.05, 4.69) is 172 Å². The summed E-state index contributed by atoms with van der Waals surface area (Å²) in [5, 5.41) is 9.98. The van der Waals surface area contributed by atoms with Crippen LogP contribution in [-0.4, -0.2) is 19.5 Å². The molecule has 2 heterocycles. The molecule has 4 nitrogen and oxygen atoms in total. The lowest BCUT2D eigenvalue weighted by molar-refractivity contribution is 0.332. The van der Waals surface area contributed by atoms with Gasteiger partial charge in [-0.25, -0.2) is 15.0 Å². The highest BCUT2D eigenvalue weighted by molar-refractivity contribution is 6.21. The summed E-state index contributed by atoms with van der Waals surface area (Å²) < 4.78 is 2.46. The number of fused-ring (bicyclic) bond motifs is 9. The lowest BCUT2D eigenvalue weighted by Crippen LogP contribution is -2.33. The molecule has 4 heteroatoms. The van der Waals surface area contributed by atoms with Gasteiger partial charge in [0.25, 0.3) is 0 Å². The maximum absolute atomic E-state index is 5.22. The Bertz CT molecular complexity index is 3240. The van der Waals surface area contributed by atoms with Gasteiger partial charge in [0.05, 0.1) is 11.0 Å². The van der Waals surface area contributed by atoms with E-state index in [0.29, 0.717) is 17.5 Å². The van der Waals surface area contributed by atoms with Gasteiger partial charge in [-0.15, -0.1) is 0 Å². The first-order valence-corrected chi connectivity index (χ1v) is 20.1. The van der Waals surface area contributed by atoms with Gasteiger partial charge in [0, 0.05) is 33.2 Å². The van der Waals surface area contributed by atoms with Crippen LogP contribution in [0.2, 0.25) is 0 Å². The quantitative estimate of drug-likeness (QED) is 0.169. The van der Waals surface area contributed by atoms with Crippen molar-refractivity contribution in [3.8, 4) is 39.9 Å². The molecule has 0 bridgehead atoms. The second kappa shape index (κ2) is 12.4. The topological polar surface area (TPSA) is 43.6 Å². The first kappa shape index (κ1) is 33.7. The summed E-state index contributed by atoms with van der Waals surface area (Å²) in [6.07, 6.45) is 2.34. The van der Waals surface area contributed by atoms with Gasteiger partial charge in [-0.3, -0.25) is 0 Å². The molecule has 0 spiro atoms. The largest absolute Gasteiger partial charge is 0.309 e. The molecule has 1 aliphatic carbocycles. The summed E-state index contributed by atoms with van der Waals surface area (Å²) in [4.78, 5) is 15.5. The van der Waals surface area contributed by atoms with Crippen LogP contribution in [0.5, 0.6) is 0 Å². The molecule has 10 aromatic rings. The molecule has 11 rings (SSSR count). The second-order valence-corrected chi connectivity index (χ2v) is 17.1. The van der Waals surface area contributed by atoms with Crippen LogP contribution in [0.3, 0.4) is 0 Å². The third-order valence-electron chi connectivity index (χ3n) is 12.7. The summed E-state index contributed by atoms with van der Waals surface area (Å²) in [6, 6.07) is 56.9. The van der Waals surface area contributed by atoms with Crippen molar-refractivity contribution in [3.63, 3.8) is 0 Å². The normalized spacial score (nSPS) is 14.8. The van der Waals surface area contributed by atoms with E-state index in [9.17, 15) is 0 Å². The Hall–Kier alpha value is -6.65. The number of hydrogen-bond donors (Lipinski definition) is 0. The van der Waals surface area contributed by atoms with Crippen LogP contribution in [0.25, 0.3) is 94.0 Å². The average molecular weight is 735 g/mol. The van der Waals surface area contributed by atoms with Crippen LogP contribution in [-0.2, 0) is 10.8 Å². The van der Waals surface area contributed by atoms with E-state index in [1.807, 2.05) is 18.2 Å². The predicted molar refractivity (Wildman–Crippen MR) is 238 cm³/mol. The van der Waals surface area contributed by atoms with Crippen molar-refractivity contribution in [2.45, 2.75) is 51.4 Å². The van der Waals surface area contributed by atoms with Gasteiger partial charge in [0.15, 0.2) is 17.5 Å². The van der Waals surface area contributed by atoms with Crippen molar-refractivity contribution in [1.29, 1.82) is 0 Å². The first-order chi connectivity index (χ1) is 27.7. The van der Waals surface area contributed by atoms with Crippen LogP contribution in [0, 0.1) is 0 Å². The van der Waals surface area contributed by atoms with Crippen LogP contribution in [0.15, 0.2) is 158 Å². The maximum atomic E-state index is 5.22. The lowest BCUT2D eigenvalue weighted by atomic mass is 9.63. The molecule has 0 fully saturated rings.